The van der Waals surface area contributed by atoms with Crippen LogP contribution in [0.1, 0.15) is 17.1 Å². The van der Waals surface area contributed by atoms with E-state index in [0.717, 1.165) is 0 Å². The van der Waals surface area contributed by atoms with Gasteiger partial charge in [-0.25, -0.2) is 19.9 Å². The Kier molecular flexibility index (Phi) is 4.00. The maximum atomic E-state index is 12.9. The molecule has 124 valence electrons. The van der Waals surface area contributed by atoms with Crippen LogP contribution in [-0.2, 0) is 6.18 Å². The molecule has 0 amide bonds. The number of rotatable bonds is 2. The molecule has 3 rings (SSSR count). The van der Waals surface area contributed by atoms with E-state index < -0.39 is 12.0 Å². The van der Waals surface area contributed by atoms with Crippen LogP contribution in [0.25, 0.3) is 10.9 Å². The molecule has 0 bridgehead atoms. The standard InChI is InChI=1S/C15H10ClF3N4O/c1-7-3-4-10(24-14-20-5-9(16)6-21-14)11-8(2)22-13(15(17,18)19)23-12(7)11/h3-6H,1-2H3. The van der Waals surface area contributed by atoms with E-state index >= 15 is 0 Å². The fourth-order valence-electron chi connectivity index (χ4n) is 2.18. The molecule has 0 saturated carbocycles. The summed E-state index contributed by atoms with van der Waals surface area (Å²) in [6.07, 6.45) is -1.92. The molecule has 0 radical (unpaired) electrons. The van der Waals surface area contributed by atoms with Crippen molar-refractivity contribution in [2.75, 3.05) is 0 Å². The summed E-state index contributed by atoms with van der Waals surface area (Å²) >= 11 is 5.71. The van der Waals surface area contributed by atoms with Crippen LogP contribution in [0, 0.1) is 13.8 Å². The molecular formula is C15H10ClF3N4O. The number of aromatic nitrogens is 4. The first kappa shape index (κ1) is 16.4. The molecule has 3 aromatic rings. The molecule has 1 aromatic carbocycles. The van der Waals surface area contributed by atoms with E-state index in [1.54, 1.807) is 19.1 Å². The zero-order chi connectivity index (χ0) is 17.5. The first-order chi connectivity index (χ1) is 11.3. The van der Waals surface area contributed by atoms with Crippen molar-refractivity contribution in [3.8, 4) is 11.8 Å². The number of benzene rings is 1. The van der Waals surface area contributed by atoms with Crippen LogP contribution < -0.4 is 4.74 Å². The number of halogens is 4. The minimum atomic E-state index is -4.62. The highest BCUT2D eigenvalue weighted by atomic mass is 35.5. The highest BCUT2D eigenvalue weighted by molar-refractivity contribution is 6.30. The number of alkyl halides is 3. The third-order valence-electron chi connectivity index (χ3n) is 3.25. The molecule has 24 heavy (non-hydrogen) atoms. The van der Waals surface area contributed by atoms with Gasteiger partial charge >= 0.3 is 12.2 Å². The van der Waals surface area contributed by atoms with Gasteiger partial charge < -0.3 is 4.74 Å². The third kappa shape index (κ3) is 3.09. The summed E-state index contributed by atoms with van der Waals surface area (Å²) in [6.45, 7) is 3.13. The summed E-state index contributed by atoms with van der Waals surface area (Å²) in [7, 11) is 0. The number of aryl methyl sites for hydroxylation is 2. The molecule has 0 unspecified atom stereocenters. The van der Waals surface area contributed by atoms with Crippen molar-refractivity contribution in [2.24, 2.45) is 0 Å². The molecule has 0 aliphatic carbocycles. The Labute approximate surface area is 139 Å². The number of nitrogens with zero attached hydrogens (tertiary/aromatic N) is 4. The third-order valence-corrected chi connectivity index (χ3v) is 3.44. The van der Waals surface area contributed by atoms with E-state index in [0.29, 0.717) is 16.0 Å². The first-order valence-corrected chi connectivity index (χ1v) is 7.14. The van der Waals surface area contributed by atoms with Gasteiger partial charge in [0, 0.05) is 0 Å². The lowest BCUT2D eigenvalue weighted by atomic mass is 10.1. The van der Waals surface area contributed by atoms with Crippen molar-refractivity contribution in [1.29, 1.82) is 0 Å². The van der Waals surface area contributed by atoms with Gasteiger partial charge in [-0.2, -0.15) is 13.2 Å². The van der Waals surface area contributed by atoms with Crippen LogP contribution >= 0.6 is 11.6 Å². The Morgan fingerprint density at radius 3 is 2.33 bits per heavy atom. The van der Waals surface area contributed by atoms with Crippen LogP contribution in [0.4, 0.5) is 13.2 Å². The Bertz CT molecular complexity index is 913. The quantitative estimate of drug-likeness (QED) is 0.678. The van der Waals surface area contributed by atoms with E-state index in [2.05, 4.69) is 19.9 Å². The number of ether oxygens (including phenoxy) is 1. The van der Waals surface area contributed by atoms with Crippen molar-refractivity contribution in [1.82, 2.24) is 19.9 Å². The summed E-state index contributed by atoms with van der Waals surface area (Å²) in [6, 6.07) is 3.24. The summed E-state index contributed by atoms with van der Waals surface area (Å²) in [5.74, 6) is -0.917. The van der Waals surface area contributed by atoms with E-state index in [-0.39, 0.29) is 23.0 Å². The van der Waals surface area contributed by atoms with E-state index in [1.807, 2.05) is 0 Å². The summed E-state index contributed by atoms with van der Waals surface area (Å²) < 4.78 is 44.3. The van der Waals surface area contributed by atoms with Crippen molar-refractivity contribution in [2.45, 2.75) is 20.0 Å². The Morgan fingerprint density at radius 2 is 1.71 bits per heavy atom. The van der Waals surface area contributed by atoms with Gasteiger partial charge in [0.25, 0.3) is 0 Å². The molecular weight excluding hydrogens is 345 g/mol. The minimum absolute atomic E-state index is 0.0175. The van der Waals surface area contributed by atoms with Crippen molar-refractivity contribution < 1.29 is 17.9 Å². The van der Waals surface area contributed by atoms with Gasteiger partial charge in [-0.15, -0.1) is 0 Å². The lowest BCUT2D eigenvalue weighted by Crippen LogP contribution is -2.12. The molecule has 2 heterocycles. The zero-order valence-corrected chi connectivity index (χ0v) is 13.3. The second kappa shape index (κ2) is 5.86. The Hall–Kier alpha value is -2.48. The molecule has 0 atom stereocenters. The average molecular weight is 355 g/mol. The Morgan fingerprint density at radius 1 is 1.04 bits per heavy atom. The second-order valence-corrected chi connectivity index (χ2v) is 5.46. The average Bonchev–Trinajstić information content (AvgIpc) is 2.51. The van der Waals surface area contributed by atoms with Crippen LogP contribution in [-0.4, -0.2) is 19.9 Å². The number of fused-ring (bicyclic) bond motifs is 1. The minimum Gasteiger partial charge on any atom is -0.424 e. The normalized spacial score (nSPS) is 11.8. The van der Waals surface area contributed by atoms with Gasteiger partial charge in [0.2, 0.25) is 5.82 Å². The van der Waals surface area contributed by atoms with Gasteiger partial charge in [0.15, 0.2) is 0 Å². The molecule has 0 spiro atoms. The largest absolute Gasteiger partial charge is 0.451 e. The van der Waals surface area contributed by atoms with Gasteiger partial charge in [0.1, 0.15) is 5.75 Å². The molecule has 0 saturated heterocycles. The van der Waals surface area contributed by atoms with Crippen molar-refractivity contribution in [3.05, 3.63) is 46.6 Å². The fourth-order valence-corrected chi connectivity index (χ4v) is 2.28. The molecule has 0 N–H and O–H groups in total. The predicted octanol–water partition coefficient (Wildman–Crippen LogP) is 4.50. The highest BCUT2D eigenvalue weighted by Gasteiger charge is 2.35. The molecule has 0 aliphatic heterocycles. The predicted molar refractivity (Wildman–Crippen MR) is 81.1 cm³/mol. The Balaban J connectivity index is 2.16. The van der Waals surface area contributed by atoms with E-state index in [1.165, 1.54) is 19.3 Å². The molecule has 0 fully saturated rings. The molecule has 2 aromatic heterocycles. The zero-order valence-electron chi connectivity index (χ0n) is 12.5. The molecule has 0 aliphatic rings. The smallest absolute Gasteiger partial charge is 0.424 e. The second-order valence-electron chi connectivity index (χ2n) is 5.02. The van der Waals surface area contributed by atoms with Gasteiger partial charge in [0.05, 0.1) is 34.0 Å². The van der Waals surface area contributed by atoms with E-state index in [9.17, 15) is 13.2 Å². The SMILES string of the molecule is Cc1ccc(Oc2ncc(Cl)cn2)c2c(C)nc(C(F)(F)F)nc12. The summed E-state index contributed by atoms with van der Waals surface area (Å²) in [5.41, 5.74) is 0.895. The van der Waals surface area contributed by atoms with Crippen LogP contribution in [0.2, 0.25) is 5.02 Å². The van der Waals surface area contributed by atoms with Gasteiger partial charge in [-0.1, -0.05) is 17.7 Å². The van der Waals surface area contributed by atoms with Crippen molar-refractivity contribution >= 4 is 22.5 Å². The summed E-state index contributed by atoms with van der Waals surface area (Å²) in [4.78, 5) is 15.0. The highest BCUT2D eigenvalue weighted by Crippen LogP contribution is 2.34. The van der Waals surface area contributed by atoms with Crippen LogP contribution in [0.3, 0.4) is 0 Å². The van der Waals surface area contributed by atoms with Crippen LogP contribution in [0.15, 0.2) is 24.5 Å². The van der Waals surface area contributed by atoms with Gasteiger partial charge in [-0.05, 0) is 25.5 Å². The van der Waals surface area contributed by atoms with Gasteiger partial charge in [-0.3, -0.25) is 0 Å². The lowest BCUT2D eigenvalue weighted by molar-refractivity contribution is -0.144. The maximum Gasteiger partial charge on any atom is 0.451 e. The number of hydrogen-bond donors (Lipinski definition) is 0. The summed E-state index contributed by atoms with van der Waals surface area (Å²) in [5, 5.41) is 0.715. The number of hydrogen-bond acceptors (Lipinski definition) is 5. The van der Waals surface area contributed by atoms with Crippen LogP contribution in [0.5, 0.6) is 11.8 Å². The van der Waals surface area contributed by atoms with E-state index in [4.69, 9.17) is 16.3 Å². The maximum absolute atomic E-state index is 12.9. The monoisotopic (exact) mass is 354 g/mol. The first-order valence-electron chi connectivity index (χ1n) is 6.76. The molecule has 5 nitrogen and oxygen atoms in total. The topological polar surface area (TPSA) is 60.8 Å². The lowest BCUT2D eigenvalue weighted by Gasteiger charge is -2.13. The molecule has 9 heteroatoms. The van der Waals surface area contributed by atoms with Crippen molar-refractivity contribution in [3.63, 3.8) is 0 Å². The fraction of sp³-hybridized carbons (Fsp3) is 0.200.